The van der Waals surface area contributed by atoms with E-state index >= 15 is 0 Å². The number of carbonyl (C=O) groups is 1. The lowest BCUT2D eigenvalue weighted by Crippen LogP contribution is -2.28. The zero-order chi connectivity index (χ0) is 25.7. The zero-order valence-electron chi connectivity index (χ0n) is 19.7. The van der Waals surface area contributed by atoms with Crippen molar-refractivity contribution in [1.29, 1.82) is 0 Å². The first-order valence-electron chi connectivity index (χ1n) is 11.3. The number of nitro groups is 1. The number of benzene rings is 3. The summed E-state index contributed by atoms with van der Waals surface area (Å²) >= 11 is 1.39. The molecular weight excluding hydrogens is 481 g/mol. The maximum atomic E-state index is 13.3. The summed E-state index contributed by atoms with van der Waals surface area (Å²) in [6.45, 7) is 3.85. The quantitative estimate of drug-likeness (QED) is 0.179. The third-order valence-corrected chi connectivity index (χ3v) is 6.62. The van der Waals surface area contributed by atoms with Gasteiger partial charge in [-0.25, -0.2) is 4.39 Å². The van der Waals surface area contributed by atoms with Gasteiger partial charge < -0.3 is 5.32 Å². The molecule has 10 heteroatoms. The van der Waals surface area contributed by atoms with Crippen molar-refractivity contribution in [3.8, 4) is 5.69 Å². The van der Waals surface area contributed by atoms with Crippen LogP contribution in [-0.2, 0) is 12.2 Å². The van der Waals surface area contributed by atoms with Gasteiger partial charge in [-0.15, -0.1) is 10.2 Å². The number of non-ortho nitro benzene ring substituents is 1. The van der Waals surface area contributed by atoms with E-state index in [1.54, 1.807) is 47.9 Å². The Morgan fingerprint density at radius 1 is 1.03 bits per heavy atom. The van der Waals surface area contributed by atoms with Crippen LogP contribution in [-0.4, -0.2) is 25.6 Å². The van der Waals surface area contributed by atoms with E-state index in [0.717, 1.165) is 17.5 Å². The molecule has 0 saturated carbocycles. The Morgan fingerprint density at radius 3 is 2.28 bits per heavy atom. The van der Waals surface area contributed by atoms with Crippen molar-refractivity contribution >= 4 is 23.4 Å². The Balaban J connectivity index is 1.62. The minimum atomic E-state index is -0.508. The van der Waals surface area contributed by atoms with Gasteiger partial charge >= 0.3 is 0 Å². The fourth-order valence-electron chi connectivity index (χ4n) is 3.59. The number of nitrogens with zero attached hydrogens (tertiary/aromatic N) is 4. The maximum absolute atomic E-state index is 13.3. The number of hydrogen-bond donors (Lipinski definition) is 1. The Kier molecular flexibility index (Phi) is 7.74. The van der Waals surface area contributed by atoms with Crippen molar-refractivity contribution in [2.75, 3.05) is 0 Å². The van der Waals surface area contributed by atoms with E-state index in [1.807, 2.05) is 19.1 Å². The van der Waals surface area contributed by atoms with Crippen LogP contribution in [0, 0.1) is 15.9 Å². The van der Waals surface area contributed by atoms with E-state index in [4.69, 9.17) is 0 Å². The van der Waals surface area contributed by atoms with Gasteiger partial charge in [0, 0.05) is 29.1 Å². The summed E-state index contributed by atoms with van der Waals surface area (Å²) < 4.78 is 15.0. The normalized spacial score (nSPS) is 11.8. The van der Waals surface area contributed by atoms with Gasteiger partial charge in [0.2, 0.25) is 0 Å². The number of hydrogen-bond acceptors (Lipinski definition) is 6. The van der Waals surface area contributed by atoms with Crippen LogP contribution in [0.4, 0.5) is 10.1 Å². The monoisotopic (exact) mass is 505 g/mol. The molecule has 0 saturated heterocycles. The molecule has 0 aliphatic carbocycles. The summed E-state index contributed by atoms with van der Waals surface area (Å²) in [6.07, 6.45) is 0.884. The summed E-state index contributed by atoms with van der Waals surface area (Å²) in [5, 5.41) is 23.3. The molecule has 4 aromatic rings. The topological polar surface area (TPSA) is 103 Å². The Morgan fingerprint density at radius 2 is 1.67 bits per heavy atom. The average Bonchev–Trinajstić information content (AvgIpc) is 3.32. The van der Waals surface area contributed by atoms with E-state index in [-0.39, 0.29) is 17.4 Å². The molecule has 4 rings (SSSR count). The number of halogens is 1. The van der Waals surface area contributed by atoms with Gasteiger partial charge in [0.05, 0.1) is 11.0 Å². The van der Waals surface area contributed by atoms with Crippen LogP contribution < -0.4 is 5.32 Å². The fourth-order valence-corrected chi connectivity index (χ4v) is 4.50. The van der Waals surface area contributed by atoms with Crippen LogP contribution in [0.1, 0.15) is 47.2 Å². The van der Waals surface area contributed by atoms with E-state index in [0.29, 0.717) is 28.0 Å². The van der Waals surface area contributed by atoms with Crippen LogP contribution in [0.2, 0.25) is 0 Å². The molecule has 1 unspecified atom stereocenters. The molecule has 0 radical (unpaired) electrons. The van der Waals surface area contributed by atoms with Crippen LogP contribution in [0.3, 0.4) is 0 Å². The molecule has 8 nitrogen and oxygen atoms in total. The molecule has 1 amide bonds. The lowest BCUT2D eigenvalue weighted by Gasteiger charge is -2.16. The number of thioether (sulfide) groups is 1. The Bertz CT molecular complexity index is 1360. The highest BCUT2D eigenvalue weighted by Gasteiger charge is 2.22. The molecule has 0 aliphatic rings. The van der Waals surface area contributed by atoms with Crippen molar-refractivity contribution in [2.45, 2.75) is 37.2 Å². The lowest BCUT2D eigenvalue weighted by atomic mass is 10.1. The zero-order valence-corrected chi connectivity index (χ0v) is 20.5. The molecule has 1 heterocycles. The van der Waals surface area contributed by atoms with E-state index < -0.39 is 11.0 Å². The molecule has 0 aliphatic heterocycles. The predicted octanol–water partition coefficient (Wildman–Crippen LogP) is 5.66. The number of aromatic nitrogens is 3. The highest BCUT2D eigenvalue weighted by Crippen LogP contribution is 2.28. The third kappa shape index (κ3) is 5.77. The summed E-state index contributed by atoms with van der Waals surface area (Å²) in [5.74, 6) is 0.428. The summed E-state index contributed by atoms with van der Waals surface area (Å²) in [6, 6.07) is 19.1. The largest absolute Gasteiger partial charge is 0.342 e. The van der Waals surface area contributed by atoms with Crippen molar-refractivity contribution in [3.05, 3.63) is 111 Å². The number of nitrogens with one attached hydrogen (secondary N) is 1. The van der Waals surface area contributed by atoms with Crippen molar-refractivity contribution in [1.82, 2.24) is 20.1 Å². The lowest BCUT2D eigenvalue weighted by molar-refractivity contribution is -0.384. The first-order chi connectivity index (χ1) is 17.4. The van der Waals surface area contributed by atoms with Crippen molar-refractivity contribution in [2.24, 2.45) is 0 Å². The standard InChI is InChI=1S/C26H24FN5O3S/c1-3-18-4-8-20(9-5-18)25(33)28-17(2)24-29-30-26(36-16-19-6-10-21(27)11-7-19)31(24)22-12-14-23(15-13-22)32(34)35/h4-15,17H,3,16H2,1-2H3,(H,28,33). The molecule has 1 atom stereocenters. The molecule has 3 aromatic carbocycles. The Labute approximate surface area is 211 Å². The van der Waals surface area contributed by atoms with Crippen LogP contribution in [0.5, 0.6) is 0 Å². The molecule has 0 bridgehead atoms. The first-order valence-corrected chi connectivity index (χ1v) is 12.3. The van der Waals surface area contributed by atoms with Gasteiger partial charge in [-0.05, 0) is 60.9 Å². The highest BCUT2D eigenvalue weighted by atomic mass is 32.2. The second-order valence-electron chi connectivity index (χ2n) is 8.11. The van der Waals surface area contributed by atoms with Crippen molar-refractivity contribution in [3.63, 3.8) is 0 Å². The summed E-state index contributed by atoms with van der Waals surface area (Å²) in [7, 11) is 0. The molecule has 184 valence electrons. The van der Waals surface area contributed by atoms with Gasteiger partial charge in [-0.3, -0.25) is 19.5 Å². The smallest absolute Gasteiger partial charge is 0.269 e. The average molecular weight is 506 g/mol. The van der Waals surface area contributed by atoms with E-state index in [9.17, 15) is 19.3 Å². The Hall–Kier alpha value is -4.05. The predicted molar refractivity (Wildman–Crippen MR) is 136 cm³/mol. The molecule has 36 heavy (non-hydrogen) atoms. The second kappa shape index (κ2) is 11.1. The molecule has 1 aromatic heterocycles. The minimum absolute atomic E-state index is 0.0363. The third-order valence-electron chi connectivity index (χ3n) is 5.62. The minimum Gasteiger partial charge on any atom is -0.342 e. The first kappa shape index (κ1) is 25.1. The van der Waals surface area contributed by atoms with Crippen LogP contribution in [0.15, 0.2) is 78.0 Å². The van der Waals surface area contributed by atoms with E-state index in [1.165, 1.54) is 36.0 Å². The molecule has 1 N–H and O–H groups in total. The summed E-state index contributed by atoms with van der Waals surface area (Å²) in [5.41, 5.74) is 3.16. The summed E-state index contributed by atoms with van der Waals surface area (Å²) in [4.78, 5) is 23.5. The van der Waals surface area contributed by atoms with E-state index in [2.05, 4.69) is 15.5 Å². The maximum Gasteiger partial charge on any atom is 0.269 e. The van der Waals surface area contributed by atoms with Gasteiger partial charge in [-0.2, -0.15) is 0 Å². The van der Waals surface area contributed by atoms with Gasteiger partial charge in [0.1, 0.15) is 5.82 Å². The molecule has 0 fully saturated rings. The second-order valence-corrected chi connectivity index (χ2v) is 9.05. The number of aryl methyl sites for hydroxylation is 1. The number of nitro benzene ring substituents is 1. The fraction of sp³-hybridized carbons (Fsp3) is 0.192. The van der Waals surface area contributed by atoms with Gasteiger partial charge in [0.15, 0.2) is 11.0 Å². The number of rotatable bonds is 9. The SMILES string of the molecule is CCc1ccc(C(=O)NC(C)c2nnc(SCc3ccc(F)cc3)n2-c2ccc([N+](=O)[O-])cc2)cc1. The molecular formula is C26H24FN5O3S. The van der Waals surface area contributed by atoms with Crippen LogP contribution in [0.25, 0.3) is 5.69 Å². The highest BCUT2D eigenvalue weighted by molar-refractivity contribution is 7.98. The van der Waals surface area contributed by atoms with Crippen molar-refractivity contribution < 1.29 is 14.1 Å². The van der Waals surface area contributed by atoms with Gasteiger partial charge in [-0.1, -0.05) is 43.0 Å². The number of carbonyl (C=O) groups excluding carboxylic acids is 1. The molecule has 0 spiro atoms. The number of amides is 1. The van der Waals surface area contributed by atoms with Gasteiger partial charge in [0.25, 0.3) is 11.6 Å². The van der Waals surface area contributed by atoms with Crippen LogP contribution >= 0.6 is 11.8 Å².